The summed E-state index contributed by atoms with van der Waals surface area (Å²) in [7, 11) is 0. The fraction of sp³-hybridized carbons (Fsp3) is 0.842. The summed E-state index contributed by atoms with van der Waals surface area (Å²) >= 11 is 0. The Labute approximate surface area is 134 Å². The normalized spacial score (nSPS) is 52.7. The lowest BCUT2D eigenvalue weighted by Gasteiger charge is -2.57. The zero-order chi connectivity index (χ0) is 15.5. The number of nitrogens with two attached hydrogens (primary N) is 1. The van der Waals surface area contributed by atoms with Gasteiger partial charge in [-0.05, 0) is 74.5 Å². The molecule has 0 saturated heterocycles. The van der Waals surface area contributed by atoms with Crippen molar-refractivity contribution >= 4 is 5.71 Å². The van der Waals surface area contributed by atoms with Crippen molar-refractivity contribution < 1.29 is 5.11 Å². The molecule has 6 atom stereocenters. The van der Waals surface area contributed by atoms with Crippen molar-refractivity contribution in [3.8, 4) is 0 Å². The Hall–Kier alpha value is -0.830. The number of nitrogens with zero attached hydrogens (tertiary/aromatic N) is 1. The molecule has 0 heterocycles. The van der Waals surface area contributed by atoms with Gasteiger partial charge in [-0.15, -0.1) is 0 Å². The number of rotatable bonds is 0. The van der Waals surface area contributed by atoms with Crippen LogP contribution in [-0.2, 0) is 0 Å². The molecule has 0 aliphatic heterocycles. The number of hydrogen-bond acceptors (Lipinski definition) is 3. The van der Waals surface area contributed by atoms with Crippen LogP contribution in [0, 0.1) is 28.6 Å². The first-order valence-corrected chi connectivity index (χ1v) is 9.14. The average molecular weight is 302 g/mol. The maximum Gasteiger partial charge on any atom is 0.0577 e. The molecular weight excluding hydrogens is 272 g/mol. The number of fused-ring (bicyclic) bond motifs is 5. The van der Waals surface area contributed by atoms with Crippen molar-refractivity contribution in [1.82, 2.24) is 0 Å². The minimum Gasteiger partial charge on any atom is -0.393 e. The second-order valence-corrected chi connectivity index (χ2v) is 8.73. The Morgan fingerprint density at radius 1 is 1.14 bits per heavy atom. The van der Waals surface area contributed by atoms with E-state index in [0.29, 0.717) is 5.41 Å². The molecule has 0 unspecified atom stereocenters. The Morgan fingerprint density at radius 2 is 1.86 bits per heavy atom. The minimum atomic E-state index is -0.104. The summed E-state index contributed by atoms with van der Waals surface area (Å²) in [6.07, 6.45) is 11.6. The molecule has 4 aliphatic rings. The van der Waals surface area contributed by atoms with Gasteiger partial charge in [0.1, 0.15) is 0 Å². The van der Waals surface area contributed by atoms with Gasteiger partial charge < -0.3 is 10.9 Å². The van der Waals surface area contributed by atoms with Crippen LogP contribution < -0.4 is 5.84 Å². The van der Waals surface area contributed by atoms with Crippen molar-refractivity contribution in [2.24, 2.45) is 39.5 Å². The molecule has 0 aromatic rings. The molecule has 3 heteroatoms. The fourth-order valence-corrected chi connectivity index (χ4v) is 6.64. The lowest BCUT2D eigenvalue weighted by atomic mass is 9.48. The molecule has 22 heavy (non-hydrogen) atoms. The maximum absolute atomic E-state index is 10.0. The highest BCUT2D eigenvalue weighted by Crippen LogP contribution is 2.64. The number of allylic oxidation sites excluding steroid dienone is 1. The first-order valence-electron chi connectivity index (χ1n) is 9.14. The summed E-state index contributed by atoms with van der Waals surface area (Å²) in [4.78, 5) is 0. The largest absolute Gasteiger partial charge is 0.393 e. The Bertz CT molecular complexity index is 540. The third-order valence-corrected chi connectivity index (χ3v) is 7.97. The second kappa shape index (κ2) is 4.83. The summed E-state index contributed by atoms with van der Waals surface area (Å²) in [5.41, 5.74) is 3.43. The molecule has 0 aromatic heterocycles. The van der Waals surface area contributed by atoms with Gasteiger partial charge in [-0.1, -0.05) is 25.5 Å². The monoisotopic (exact) mass is 302 g/mol. The smallest absolute Gasteiger partial charge is 0.0577 e. The summed E-state index contributed by atoms with van der Waals surface area (Å²) < 4.78 is 0. The first-order chi connectivity index (χ1) is 10.5. The van der Waals surface area contributed by atoms with E-state index in [0.717, 1.165) is 37.0 Å². The molecule has 3 saturated carbocycles. The molecule has 4 rings (SSSR count). The van der Waals surface area contributed by atoms with E-state index in [1.807, 2.05) is 0 Å². The van der Waals surface area contributed by atoms with Crippen molar-refractivity contribution in [3.63, 3.8) is 0 Å². The Morgan fingerprint density at radius 3 is 2.64 bits per heavy atom. The third kappa shape index (κ3) is 1.81. The van der Waals surface area contributed by atoms with Crippen molar-refractivity contribution in [2.75, 3.05) is 0 Å². The van der Waals surface area contributed by atoms with Gasteiger partial charge in [-0.3, -0.25) is 0 Å². The van der Waals surface area contributed by atoms with Crippen LogP contribution in [-0.4, -0.2) is 16.9 Å². The van der Waals surface area contributed by atoms with Crippen LogP contribution in [0.25, 0.3) is 0 Å². The van der Waals surface area contributed by atoms with Crippen LogP contribution in [0.3, 0.4) is 0 Å². The fourth-order valence-electron chi connectivity index (χ4n) is 6.64. The van der Waals surface area contributed by atoms with Gasteiger partial charge in [0.2, 0.25) is 0 Å². The Kier molecular flexibility index (Phi) is 3.24. The van der Waals surface area contributed by atoms with E-state index >= 15 is 0 Å². The van der Waals surface area contributed by atoms with Crippen LogP contribution in [0.2, 0.25) is 0 Å². The van der Waals surface area contributed by atoms with Crippen LogP contribution in [0.5, 0.6) is 0 Å². The number of aliphatic hydroxyl groups is 1. The second-order valence-electron chi connectivity index (χ2n) is 8.73. The molecule has 0 bridgehead atoms. The van der Waals surface area contributed by atoms with Crippen LogP contribution in [0.4, 0.5) is 0 Å². The topological polar surface area (TPSA) is 58.6 Å². The van der Waals surface area contributed by atoms with Gasteiger partial charge in [0.05, 0.1) is 6.10 Å². The van der Waals surface area contributed by atoms with Crippen molar-refractivity contribution in [2.45, 2.75) is 71.3 Å². The zero-order valence-corrected chi connectivity index (χ0v) is 14.0. The SMILES string of the molecule is C[C@]12CC[C@H](O)CC1=CC[C@H]1[C@H]2CC[C@]2(C)/C(=N/N)CC[C@H]12. The average Bonchev–Trinajstić information content (AvgIpc) is 2.84. The summed E-state index contributed by atoms with van der Waals surface area (Å²) in [6.45, 7) is 4.90. The summed E-state index contributed by atoms with van der Waals surface area (Å²) in [5.74, 6) is 8.04. The van der Waals surface area contributed by atoms with Gasteiger partial charge in [-0.25, -0.2) is 0 Å². The molecule has 0 radical (unpaired) electrons. The standard InChI is InChI=1S/C19H30N2O/c1-18-9-7-13(22)11-12(18)3-4-14-15-5-6-17(21-20)19(15,2)10-8-16(14)18/h3,13-16,22H,4-11,20H2,1-2H3/b21-17+/t13-,14+,15+,16+,18-,19-/m0/s1. The molecule has 0 amide bonds. The molecule has 122 valence electrons. The van der Waals surface area contributed by atoms with Crippen molar-refractivity contribution in [1.29, 1.82) is 0 Å². The number of hydrazone groups is 1. The predicted octanol–water partition coefficient (Wildman–Crippen LogP) is 3.62. The third-order valence-electron chi connectivity index (χ3n) is 7.97. The molecule has 3 fully saturated rings. The quantitative estimate of drug-likeness (QED) is 0.408. The molecule has 3 nitrogen and oxygen atoms in total. The van der Waals surface area contributed by atoms with Crippen LogP contribution in [0.15, 0.2) is 16.8 Å². The molecule has 4 aliphatic carbocycles. The van der Waals surface area contributed by atoms with Gasteiger partial charge in [0.15, 0.2) is 0 Å². The van der Waals surface area contributed by atoms with Crippen molar-refractivity contribution in [3.05, 3.63) is 11.6 Å². The lowest BCUT2D eigenvalue weighted by Crippen LogP contribution is -2.50. The van der Waals surface area contributed by atoms with E-state index in [1.165, 1.54) is 37.8 Å². The van der Waals surface area contributed by atoms with E-state index in [4.69, 9.17) is 5.84 Å². The highest BCUT2D eigenvalue weighted by atomic mass is 16.3. The highest BCUT2D eigenvalue weighted by Gasteiger charge is 2.57. The predicted molar refractivity (Wildman–Crippen MR) is 89.3 cm³/mol. The van der Waals surface area contributed by atoms with E-state index in [1.54, 1.807) is 5.57 Å². The lowest BCUT2D eigenvalue weighted by molar-refractivity contribution is -0.0209. The molecular formula is C19H30N2O. The highest BCUT2D eigenvalue weighted by molar-refractivity contribution is 5.92. The van der Waals surface area contributed by atoms with Crippen LogP contribution >= 0.6 is 0 Å². The van der Waals surface area contributed by atoms with Gasteiger partial charge in [0.25, 0.3) is 0 Å². The summed E-state index contributed by atoms with van der Waals surface area (Å²) in [6, 6.07) is 0. The Balaban J connectivity index is 1.69. The maximum atomic E-state index is 10.0. The summed E-state index contributed by atoms with van der Waals surface area (Å²) in [5, 5.41) is 14.2. The minimum absolute atomic E-state index is 0.104. The van der Waals surface area contributed by atoms with Crippen LogP contribution in [0.1, 0.15) is 65.2 Å². The number of hydrogen-bond donors (Lipinski definition) is 2. The van der Waals surface area contributed by atoms with E-state index < -0.39 is 0 Å². The molecule has 0 aromatic carbocycles. The molecule has 0 spiro atoms. The number of aliphatic hydroxyl groups excluding tert-OH is 1. The van der Waals surface area contributed by atoms with E-state index in [9.17, 15) is 5.11 Å². The van der Waals surface area contributed by atoms with Gasteiger partial charge in [-0.2, -0.15) is 5.10 Å². The van der Waals surface area contributed by atoms with E-state index in [2.05, 4.69) is 25.0 Å². The molecule has 3 N–H and O–H groups in total. The van der Waals surface area contributed by atoms with Gasteiger partial charge >= 0.3 is 0 Å². The van der Waals surface area contributed by atoms with E-state index in [-0.39, 0.29) is 11.5 Å². The first kappa shape index (κ1) is 14.7. The van der Waals surface area contributed by atoms with Gasteiger partial charge in [0, 0.05) is 11.1 Å². The zero-order valence-electron chi connectivity index (χ0n) is 14.0.